The lowest BCUT2D eigenvalue weighted by Crippen LogP contribution is -2.31. The molecule has 0 spiro atoms. The third-order valence-corrected chi connectivity index (χ3v) is 3.05. The molecule has 5 heteroatoms. The fraction of sp³-hybridized carbons (Fsp3) is 0.231. The van der Waals surface area contributed by atoms with Crippen LogP contribution in [-0.2, 0) is 16.1 Å². The smallest absolute Gasteiger partial charge is 0.257 e. The first-order valence-corrected chi connectivity index (χ1v) is 5.40. The van der Waals surface area contributed by atoms with E-state index in [1.54, 1.807) is 0 Å². The molecular formula is C13H11F2NO2. The summed E-state index contributed by atoms with van der Waals surface area (Å²) in [6.07, 6.45) is 0. The van der Waals surface area contributed by atoms with Gasteiger partial charge >= 0.3 is 0 Å². The van der Waals surface area contributed by atoms with Crippen LogP contribution in [0.25, 0.3) is 0 Å². The highest BCUT2D eigenvalue weighted by Crippen LogP contribution is 2.23. The highest BCUT2D eigenvalue weighted by molar-refractivity contribution is 6.18. The summed E-state index contributed by atoms with van der Waals surface area (Å²) in [5.41, 5.74) is 0.674. The lowest BCUT2D eigenvalue weighted by atomic mass is 10.2. The van der Waals surface area contributed by atoms with Crippen molar-refractivity contribution in [3.8, 4) is 0 Å². The van der Waals surface area contributed by atoms with Crippen LogP contribution in [0, 0.1) is 11.6 Å². The zero-order valence-electron chi connectivity index (χ0n) is 9.96. The van der Waals surface area contributed by atoms with Crippen molar-refractivity contribution in [2.24, 2.45) is 0 Å². The number of halogens is 2. The molecule has 1 aliphatic heterocycles. The molecule has 0 radical (unpaired) electrons. The van der Waals surface area contributed by atoms with E-state index in [-0.39, 0.29) is 12.1 Å². The van der Waals surface area contributed by atoms with E-state index in [9.17, 15) is 18.4 Å². The van der Waals surface area contributed by atoms with Gasteiger partial charge in [-0.05, 0) is 19.9 Å². The van der Waals surface area contributed by atoms with Crippen LogP contribution in [0.15, 0.2) is 29.3 Å². The normalized spacial score (nSPS) is 15.9. The minimum Gasteiger partial charge on any atom is -0.270 e. The van der Waals surface area contributed by atoms with Crippen LogP contribution in [0.1, 0.15) is 19.4 Å². The molecule has 0 unspecified atom stereocenters. The number of hydrogen-bond acceptors (Lipinski definition) is 2. The van der Waals surface area contributed by atoms with Crippen molar-refractivity contribution in [2.75, 3.05) is 0 Å². The summed E-state index contributed by atoms with van der Waals surface area (Å²) < 4.78 is 26.5. The van der Waals surface area contributed by atoms with E-state index in [4.69, 9.17) is 0 Å². The highest BCUT2D eigenvalue weighted by Gasteiger charge is 2.33. The molecule has 0 aliphatic carbocycles. The maximum atomic E-state index is 13.5. The Balaban J connectivity index is 2.30. The molecule has 0 N–H and O–H groups in total. The second kappa shape index (κ2) is 4.33. The van der Waals surface area contributed by atoms with Gasteiger partial charge in [-0.15, -0.1) is 0 Å². The van der Waals surface area contributed by atoms with Gasteiger partial charge in [0.25, 0.3) is 11.8 Å². The second-order valence-electron chi connectivity index (χ2n) is 4.16. The standard InChI is InChI=1S/C13H11F2NO2/c1-7-8(2)13(18)16(12(7)17)6-9-4-3-5-10(14)11(9)15/h3-5H,6H2,1-2H3. The van der Waals surface area contributed by atoms with Crippen LogP contribution in [0.5, 0.6) is 0 Å². The Kier molecular flexibility index (Phi) is 2.98. The van der Waals surface area contributed by atoms with Gasteiger partial charge in [-0.3, -0.25) is 14.5 Å². The fourth-order valence-electron chi connectivity index (χ4n) is 1.80. The minimum absolute atomic E-state index is 0.0146. The summed E-state index contributed by atoms with van der Waals surface area (Å²) in [6, 6.07) is 3.68. The minimum atomic E-state index is -1.03. The Morgan fingerprint density at radius 2 is 1.61 bits per heavy atom. The molecular weight excluding hydrogens is 240 g/mol. The molecule has 1 heterocycles. The van der Waals surface area contributed by atoms with Crippen LogP contribution < -0.4 is 0 Å². The molecule has 3 nitrogen and oxygen atoms in total. The molecule has 1 aromatic carbocycles. The van der Waals surface area contributed by atoms with Crippen LogP contribution in [0.3, 0.4) is 0 Å². The number of rotatable bonds is 2. The van der Waals surface area contributed by atoms with E-state index in [2.05, 4.69) is 0 Å². The van der Waals surface area contributed by atoms with Crippen LogP contribution in [0.2, 0.25) is 0 Å². The van der Waals surface area contributed by atoms with Gasteiger partial charge < -0.3 is 0 Å². The molecule has 0 aromatic heterocycles. The number of carbonyl (C=O) groups excluding carboxylic acids is 2. The summed E-state index contributed by atoms with van der Waals surface area (Å²) in [7, 11) is 0. The van der Waals surface area contributed by atoms with Crippen molar-refractivity contribution in [3.05, 3.63) is 46.5 Å². The predicted molar refractivity (Wildman–Crippen MR) is 60.3 cm³/mol. The molecule has 1 aliphatic rings. The first-order valence-electron chi connectivity index (χ1n) is 5.40. The molecule has 94 valence electrons. The van der Waals surface area contributed by atoms with Gasteiger partial charge in [0.05, 0.1) is 6.54 Å². The zero-order valence-corrected chi connectivity index (χ0v) is 9.96. The number of imide groups is 1. The van der Waals surface area contributed by atoms with Gasteiger partial charge in [-0.2, -0.15) is 0 Å². The van der Waals surface area contributed by atoms with Crippen molar-refractivity contribution in [3.63, 3.8) is 0 Å². The van der Waals surface area contributed by atoms with Gasteiger partial charge in [0.2, 0.25) is 0 Å². The topological polar surface area (TPSA) is 37.4 Å². The average molecular weight is 251 g/mol. The maximum absolute atomic E-state index is 13.5. The van der Waals surface area contributed by atoms with Gasteiger partial charge in [-0.1, -0.05) is 12.1 Å². The molecule has 2 amide bonds. The van der Waals surface area contributed by atoms with Crippen molar-refractivity contribution < 1.29 is 18.4 Å². The Hall–Kier alpha value is -2.04. The average Bonchev–Trinajstić information content (AvgIpc) is 2.52. The van der Waals surface area contributed by atoms with E-state index in [0.717, 1.165) is 11.0 Å². The molecule has 18 heavy (non-hydrogen) atoms. The molecule has 0 atom stereocenters. The number of nitrogens with zero attached hydrogens (tertiary/aromatic N) is 1. The van der Waals surface area contributed by atoms with E-state index in [1.165, 1.54) is 26.0 Å². The monoisotopic (exact) mass is 251 g/mol. The fourth-order valence-corrected chi connectivity index (χ4v) is 1.80. The molecule has 0 saturated heterocycles. The predicted octanol–water partition coefficient (Wildman–Crippen LogP) is 2.17. The van der Waals surface area contributed by atoms with Gasteiger partial charge in [0.1, 0.15) is 0 Å². The summed E-state index contributed by atoms with van der Waals surface area (Å²) in [5.74, 6) is -2.93. The number of carbonyl (C=O) groups is 2. The number of benzene rings is 1. The summed E-state index contributed by atoms with van der Waals surface area (Å²) in [4.78, 5) is 24.4. The number of hydrogen-bond donors (Lipinski definition) is 0. The zero-order chi connectivity index (χ0) is 13.4. The lowest BCUT2D eigenvalue weighted by molar-refractivity contribution is -0.138. The van der Waals surface area contributed by atoms with Crippen molar-refractivity contribution in [1.29, 1.82) is 0 Å². The van der Waals surface area contributed by atoms with Crippen molar-refractivity contribution in [1.82, 2.24) is 4.90 Å². The van der Waals surface area contributed by atoms with E-state index >= 15 is 0 Å². The van der Waals surface area contributed by atoms with E-state index < -0.39 is 23.4 Å². The highest BCUT2D eigenvalue weighted by atomic mass is 19.2. The van der Waals surface area contributed by atoms with Crippen LogP contribution >= 0.6 is 0 Å². The van der Waals surface area contributed by atoms with E-state index in [1.807, 2.05) is 0 Å². The van der Waals surface area contributed by atoms with Gasteiger partial charge in [-0.25, -0.2) is 8.78 Å². The maximum Gasteiger partial charge on any atom is 0.257 e. The van der Waals surface area contributed by atoms with Crippen molar-refractivity contribution in [2.45, 2.75) is 20.4 Å². The first-order chi connectivity index (χ1) is 8.43. The molecule has 2 rings (SSSR count). The second-order valence-corrected chi connectivity index (χ2v) is 4.16. The third-order valence-electron chi connectivity index (χ3n) is 3.05. The molecule has 0 fully saturated rings. The molecule has 0 bridgehead atoms. The SMILES string of the molecule is CC1=C(C)C(=O)N(Cc2cccc(F)c2F)C1=O. The molecule has 0 saturated carbocycles. The lowest BCUT2D eigenvalue weighted by Gasteiger charge is -2.15. The third kappa shape index (κ3) is 1.81. The molecule has 1 aromatic rings. The van der Waals surface area contributed by atoms with Crippen LogP contribution in [-0.4, -0.2) is 16.7 Å². The van der Waals surface area contributed by atoms with Crippen LogP contribution in [0.4, 0.5) is 8.78 Å². The Morgan fingerprint density at radius 1 is 1.06 bits per heavy atom. The summed E-state index contributed by atoms with van der Waals surface area (Å²) >= 11 is 0. The summed E-state index contributed by atoms with van der Waals surface area (Å²) in [6.45, 7) is 2.82. The Labute approximate surface area is 103 Å². The largest absolute Gasteiger partial charge is 0.270 e. The summed E-state index contributed by atoms with van der Waals surface area (Å²) in [5, 5.41) is 0. The van der Waals surface area contributed by atoms with Crippen molar-refractivity contribution >= 4 is 11.8 Å². The Morgan fingerprint density at radius 3 is 2.17 bits per heavy atom. The van der Waals surface area contributed by atoms with E-state index in [0.29, 0.717) is 11.1 Å². The quantitative estimate of drug-likeness (QED) is 0.755. The first kappa shape index (κ1) is 12.4. The number of amides is 2. The Bertz CT molecular complexity index is 554. The van der Waals surface area contributed by atoms with Gasteiger partial charge in [0.15, 0.2) is 11.6 Å². The van der Waals surface area contributed by atoms with Gasteiger partial charge in [0, 0.05) is 16.7 Å².